The summed E-state index contributed by atoms with van der Waals surface area (Å²) < 4.78 is 32.0. The number of ketones is 1. The average molecular weight is 978 g/mol. The van der Waals surface area contributed by atoms with Crippen LogP contribution in [0, 0.1) is 0 Å². The molecular weight excluding hydrogens is 919 g/mol. The van der Waals surface area contributed by atoms with Crippen molar-refractivity contribution in [1.29, 1.82) is 0 Å². The summed E-state index contributed by atoms with van der Waals surface area (Å²) in [6, 6.07) is 42.3. The summed E-state index contributed by atoms with van der Waals surface area (Å²) >= 11 is 0. The lowest BCUT2D eigenvalue weighted by Gasteiger charge is -2.37. The van der Waals surface area contributed by atoms with Gasteiger partial charge in [-0.1, -0.05) is 123 Å². The van der Waals surface area contributed by atoms with E-state index < -0.39 is 55.5 Å². The number of methoxy groups -OCH3 is 2. The number of alkyl carbamates (subject to hydrolysis) is 1. The molecule has 368 valence electrons. The number of benzene rings is 5. The summed E-state index contributed by atoms with van der Waals surface area (Å²) in [5.41, 5.74) is -0.274. The Kier molecular flexibility index (Phi) is 15.4. The van der Waals surface area contributed by atoms with E-state index in [0.717, 1.165) is 11.6 Å². The smallest absolute Gasteiger partial charge is 0.407 e. The topological polar surface area (TPSA) is 193 Å². The highest BCUT2D eigenvalue weighted by Crippen LogP contribution is 2.46. The number of nitrogens with one attached hydrogen (secondary N) is 2. The molecule has 0 saturated carbocycles. The molecule has 0 aliphatic carbocycles. The molecule has 2 aromatic heterocycles. The Morgan fingerprint density at radius 3 is 1.90 bits per heavy atom. The number of aliphatic hydroxyl groups excluding tert-OH is 2. The molecule has 0 unspecified atom stereocenters. The highest BCUT2D eigenvalue weighted by molar-refractivity contribution is 6.76. The number of ether oxygens (including phenoxy) is 5. The van der Waals surface area contributed by atoms with E-state index in [1.165, 1.54) is 10.9 Å². The summed E-state index contributed by atoms with van der Waals surface area (Å²) in [5.74, 6) is 0.278. The van der Waals surface area contributed by atoms with Crippen LogP contribution in [0.5, 0.6) is 11.5 Å². The first-order valence-electron chi connectivity index (χ1n) is 23.5. The largest absolute Gasteiger partial charge is 0.497 e. The van der Waals surface area contributed by atoms with Crippen LogP contribution in [0.2, 0.25) is 25.7 Å². The second-order valence-corrected chi connectivity index (χ2v) is 24.2. The third-order valence-corrected chi connectivity index (χ3v) is 14.4. The number of nitrogens with zero attached hydrogens (tertiary/aromatic N) is 3. The molecule has 16 heteroatoms. The van der Waals surface area contributed by atoms with Gasteiger partial charge in [-0.3, -0.25) is 14.2 Å². The summed E-state index contributed by atoms with van der Waals surface area (Å²) in [4.78, 5) is 51.0. The van der Waals surface area contributed by atoms with Crippen molar-refractivity contribution in [3.05, 3.63) is 185 Å². The predicted molar refractivity (Wildman–Crippen MR) is 272 cm³/mol. The van der Waals surface area contributed by atoms with Crippen LogP contribution in [-0.4, -0.2) is 103 Å². The highest BCUT2D eigenvalue weighted by Gasteiger charge is 2.61. The quantitative estimate of drug-likeness (QED) is 0.0247. The van der Waals surface area contributed by atoms with Gasteiger partial charge in [-0.2, -0.15) is 0 Å². The first kappa shape index (κ1) is 50.2. The number of carbonyl (C=O) groups is 3. The number of Topliss-reactive ketones (excluding diaryl/α,β-unsaturated/α-hetero) is 1. The molecule has 8 rings (SSSR count). The molecule has 2 amide bonds. The summed E-state index contributed by atoms with van der Waals surface area (Å²) in [6.45, 7) is 6.83. The second-order valence-electron chi connectivity index (χ2n) is 18.5. The van der Waals surface area contributed by atoms with E-state index in [-0.39, 0.29) is 36.6 Å². The molecule has 3 heterocycles. The molecule has 1 fully saturated rings. The lowest BCUT2D eigenvalue weighted by Crippen LogP contribution is -2.51. The van der Waals surface area contributed by atoms with E-state index in [0.29, 0.717) is 52.2 Å². The van der Waals surface area contributed by atoms with E-state index >= 15 is 4.79 Å². The van der Waals surface area contributed by atoms with Gasteiger partial charge in [-0.25, -0.2) is 14.8 Å². The summed E-state index contributed by atoms with van der Waals surface area (Å²) in [6.07, 6.45) is -1.89. The number of rotatable bonds is 20. The number of carbonyl (C=O) groups excluding carboxylic acids is 3. The molecule has 1 aliphatic rings. The van der Waals surface area contributed by atoms with Crippen LogP contribution in [0.3, 0.4) is 0 Å². The average Bonchev–Trinajstić information content (AvgIpc) is 3.90. The van der Waals surface area contributed by atoms with Crippen molar-refractivity contribution in [1.82, 2.24) is 19.9 Å². The van der Waals surface area contributed by atoms with Crippen molar-refractivity contribution >= 4 is 42.7 Å². The van der Waals surface area contributed by atoms with Gasteiger partial charge in [0.15, 0.2) is 0 Å². The van der Waals surface area contributed by atoms with Crippen LogP contribution in [-0.2, 0) is 32.0 Å². The molecule has 5 aromatic carbocycles. The normalized spacial score (nSPS) is 17.9. The van der Waals surface area contributed by atoms with Crippen molar-refractivity contribution in [2.24, 2.45) is 0 Å². The van der Waals surface area contributed by atoms with Gasteiger partial charge in [0.2, 0.25) is 11.5 Å². The standard InChI is InChI=1S/C55H59N5O10Si/c1-66-43-27-23-41(24-28-43)54(40-21-13-8-14-22-40,42-25-29-44(67-2)30-26-42)69-35-45-47(61)49(63)55(70-45,48(62)37-16-9-6-10-17-37)60-34-39(20-15-31-56-53(65)68-32-33-71(3,4)5)46-50(57-36-58-51(46)60)59-52(64)38-18-11-7-12-19-38/h6-14,16-19,21-30,34,36,45,47,49,61,63H,15,20,31-33,35H2,1-5H3,(H,56,65)(H,57,58,59,64)/t45-,47-,49-,55-/m1/s1. The molecule has 4 atom stereocenters. The maximum absolute atomic E-state index is 15.4. The maximum Gasteiger partial charge on any atom is 0.407 e. The minimum atomic E-state index is -2.35. The number of hydrogen-bond acceptors (Lipinski definition) is 12. The van der Waals surface area contributed by atoms with Gasteiger partial charge in [0.25, 0.3) is 5.91 Å². The van der Waals surface area contributed by atoms with Gasteiger partial charge in [-0.05, 0) is 77.5 Å². The van der Waals surface area contributed by atoms with Gasteiger partial charge in [0.1, 0.15) is 53.2 Å². The zero-order valence-corrected chi connectivity index (χ0v) is 41.4. The molecule has 15 nitrogen and oxygen atoms in total. The van der Waals surface area contributed by atoms with Gasteiger partial charge in [-0.15, -0.1) is 0 Å². The molecule has 0 bridgehead atoms. The van der Waals surface area contributed by atoms with E-state index in [1.54, 1.807) is 81.1 Å². The molecule has 71 heavy (non-hydrogen) atoms. The first-order valence-corrected chi connectivity index (χ1v) is 27.2. The molecule has 7 aromatic rings. The Bertz CT molecular complexity index is 2870. The van der Waals surface area contributed by atoms with Crippen molar-refractivity contribution in [2.75, 3.05) is 39.3 Å². The van der Waals surface area contributed by atoms with Crippen LogP contribution < -0.4 is 20.1 Å². The van der Waals surface area contributed by atoms with Crippen molar-refractivity contribution in [2.45, 2.75) is 68.2 Å². The second kappa shape index (κ2) is 21.8. The van der Waals surface area contributed by atoms with E-state index in [2.05, 4.69) is 40.2 Å². The van der Waals surface area contributed by atoms with Crippen molar-refractivity contribution in [3.8, 4) is 11.5 Å². The van der Waals surface area contributed by atoms with Crippen LogP contribution in [0.15, 0.2) is 152 Å². The monoisotopic (exact) mass is 977 g/mol. The van der Waals surface area contributed by atoms with Crippen LogP contribution >= 0.6 is 0 Å². The Hall–Kier alpha value is -7.21. The molecule has 0 radical (unpaired) electrons. The first-order chi connectivity index (χ1) is 34.3. The molecule has 4 N–H and O–H groups in total. The van der Waals surface area contributed by atoms with Crippen molar-refractivity contribution in [3.63, 3.8) is 0 Å². The van der Waals surface area contributed by atoms with Crippen LogP contribution in [0.4, 0.5) is 10.6 Å². The lowest BCUT2D eigenvalue weighted by atomic mass is 9.80. The number of aromatic nitrogens is 3. The lowest BCUT2D eigenvalue weighted by molar-refractivity contribution is -0.130. The minimum absolute atomic E-state index is 0.129. The minimum Gasteiger partial charge on any atom is -0.497 e. The van der Waals surface area contributed by atoms with Crippen LogP contribution in [0.25, 0.3) is 11.0 Å². The SMILES string of the molecule is COc1ccc(C(OC[C@H]2O[C@@](C(=O)c3ccccc3)(n3cc(CCCNC(=O)OCC[Si](C)(C)C)c4c(NC(=O)c5ccccc5)ncnc43)[C@H](O)[C@@H]2O)(c2ccccc2)c2ccc(OC)cc2)cc1. The number of amides is 2. The van der Waals surface area contributed by atoms with E-state index in [9.17, 15) is 19.8 Å². The summed E-state index contributed by atoms with van der Waals surface area (Å²) in [5, 5.41) is 31.0. The fraction of sp³-hybridized carbons (Fsp3) is 0.291. The zero-order chi connectivity index (χ0) is 50.2. The van der Waals surface area contributed by atoms with E-state index in [4.69, 9.17) is 23.7 Å². The van der Waals surface area contributed by atoms with Gasteiger partial charge in [0, 0.05) is 31.9 Å². The maximum atomic E-state index is 15.4. The third-order valence-electron chi connectivity index (χ3n) is 12.7. The number of hydrogen-bond donors (Lipinski definition) is 4. The highest BCUT2D eigenvalue weighted by atomic mass is 28.3. The Balaban J connectivity index is 1.21. The molecule has 0 spiro atoms. The number of aryl methyl sites for hydroxylation is 1. The number of anilines is 1. The fourth-order valence-corrected chi connectivity index (χ4v) is 9.64. The van der Waals surface area contributed by atoms with Gasteiger partial charge < -0.3 is 44.5 Å². The van der Waals surface area contributed by atoms with E-state index in [1.807, 2.05) is 78.9 Å². The zero-order valence-electron chi connectivity index (χ0n) is 40.4. The fourth-order valence-electron chi connectivity index (χ4n) is 8.93. The number of aliphatic hydroxyl groups is 2. The predicted octanol–water partition coefficient (Wildman–Crippen LogP) is 8.36. The summed E-state index contributed by atoms with van der Waals surface area (Å²) in [7, 11) is 1.75. The molecular formula is C55H59N5O10Si. The van der Waals surface area contributed by atoms with Gasteiger partial charge in [0.05, 0.1) is 32.8 Å². The van der Waals surface area contributed by atoms with Crippen molar-refractivity contribution < 1.29 is 48.3 Å². The van der Waals surface area contributed by atoms with Crippen LogP contribution in [0.1, 0.15) is 49.4 Å². The third kappa shape index (κ3) is 10.6. The number of fused-ring (bicyclic) bond motifs is 1. The Morgan fingerprint density at radius 2 is 1.32 bits per heavy atom. The molecule has 1 saturated heterocycles. The Labute approximate surface area is 413 Å². The van der Waals surface area contributed by atoms with Gasteiger partial charge >= 0.3 is 6.09 Å². The molecule has 1 aliphatic heterocycles. The Morgan fingerprint density at radius 1 is 0.761 bits per heavy atom.